The van der Waals surface area contributed by atoms with E-state index in [1.807, 2.05) is 0 Å². The smallest absolute Gasteiger partial charge is 0.0701 e. The summed E-state index contributed by atoms with van der Waals surface area (Å²) in [6.45, 7) is 0.973. The molecular weight excluding hydrogens is 294 g/mol. The molecule has 1 aliphatic carbocycles. The van der Waals surface area contributed by atoms with Crippen molar-refractivity contribution in [3.8, 4) is 0 Å². The highest BCUT2D eigenvalue weighted by Gasteiger charge is 2.19. The lowest BCUT2D eigenvalue weighted by Crippen LogP contribution is -2.28. The van der Waals surface area contributed by atoms with E-state index in [9.17, 15) is 0 Å². The van der Waals surface area contributed by atoms with Gasteiger partial charge >= 0.3 is 0 Å². The van der Waals surface area contributed by atoms with Crippen LogP contribution < -0.4 is 5.32 Å². The Labute approximate surface area is 114 Å². The molecule has 2 aromatic rings. The molecule has 0 unspecified atom stereocenters. The van der Waals surface area contributed by atoms with Gasteiger partial charge in [-0.15, -0.1) is 11.3 Å². The first-order valence-corrected chi connectivity index (χ1v) is 7.51. The maximum Gasteiger partial charge on any atom is 0.0701 e. The maximum absolute atomic E-state index is 3.64. The first-order chi connectivity index (χ1) is 8.31. The van der Waals surface area contributed by atoms with Crippen molar-refractivity contribution < 1.29 is 0 Å². The van der Waals surface area contributed by atoms with Crippen molar-refractivity contribution in [2.24, 2.45) is 0 Å². The van der Waals surface area contributed by atoms with Crippen molar-refractivity contribution in [2.45, 2.75) is 25.4 Å². The van der Waals surface area contributed by atoms with Crippen LogP contribution in [0, 0.1) is 0 Å². The van der Waals surface area contributed by atoms with Crippen molar-refractivity contribution in [1.29, 1.82) is 0 Å². The zero-order valence-electron chi connectivity index (χ0n) is 9.45. The molecule has 0 amide bonds. The molecule has 1 N–H and O–H groups in total. The van der Waals surface area contributed by atoms with E-state index < -0.39 is 0 Å². The largest absolute Gasteiger partial charge is 0.309 e. The van der Waals surface area contributed by atoms with Crippen molar-refractivity contribution in [3.05, 3.63) is 56.2 Å². The molecule has 88 valence electrons. The summed E-state index contributed by atoms with van der Waals surface area (Å²) in [4.78, 5) is 0. The average Bonchev–Trinajstić information content (AvgIpc) is 2.91. The second-order valence-electron chi connectivity index (χ2n) is 4.51. The van der Waals surface area contributed by atoms with Gasteiger partial charge in [-0.2, -0.15) is 0 Å². The standard InChI is InChI=1S/C14H14BrNS/c15-14-5-10(9-17-14)8-16-13-6-11-3-1-2-4-12(11)7-13/h1-5,9,13,16H,6-8H2. The van der Waals surface area contributed by atoms with Gasteiger partial charge in [-0.1, -0.05) is 24.3 Å². The van der Waals surface area contributed by atoms with E-state index in [1.54, 1.807) is 11.3 Å². The zero-order chi connectivity index (χ0) is 11.7. The summed E-state index contributed by atoms with van der Waals surface area (Å²) in [6, 6.07) is 11.6. The fourth-order valence-corrected chi connectivity index (χ4v) is 3.61. The highest BCUT2D eigenvalue weighted by Crippen LogP contribution is 2.23. The minimum Gasteiger partial charge on any atom is -0.309 e. The lowest BCUT2D eigenvalue weighted by molar-refractivity contribution is 0.533. The number of hydrogen-bond donors (Lipinski definition) is 1. The monoisotopic (exact) mass is 307 g/mol. The average molecular weight is 308 g/mol. The zero-order valence-corrected chi connectivity index (χ0v) is 11.9. The van der Waals surface area contributed by atoms with E-state index in [2.05, 4.69) is 57.0 Å². The topological polar surface area (TPSA) is 12.0 Å². The van der Waals surface area contributed by atoms with E-state index in [-0.39, 0.29) is 0 Å². The lowest BCUT2D eigenvalue weighted by atomic mass is 10.1. The lowest BCUT2D eigenvalue weighted by Gasteiger charge is -2.10. The minimum atomic E-state index is 0.603. The Morgan fingerprint density at radius 2 is 1.94 bits per heavy atom. The Kier molecular flexibility index (Phi) is 3.32. The van der Waals surface area contributed by atoms with Gasteiger partial charge in [-0.3, -0.25) is 0 Å². The molecule has 1 aromatic heterocycles. The van der Waals surface area contributed by atoms with E-state index in [4.69, 9.17) is 0 Å². The van der Waals surface area contributed by atoms with Crippen LogP contribution in [0.1, 0.15) is 16.7 Å². The molecule has 1 aliphatic rings. The molecule has 0 aliphatic heterocycles. The van der Waals surface area contributed by atoms with Gasteiger partial charge in [0.25, 0.3) is 0 Å². The molecule has 0 atom stereocenters. The first kappa shape index (κ1) is 11.5. The molecule has 0 saturated carbocycles. The van der Waals surface area contributed by atoms with Crippen molar-refractivity contribution in [2.75, 3.05) is 0 Å². The predicted octanol–water partition coefficient (Wildman–Crippen LogP) is 3.77. The van der Waals surface area contributed by atoms with Gasteiger partial charge in [-0.25, -0.2) is 0 Å². The van der Waals surface area contributed by atoms with Crippen LogP contribution in [-0.2, 0) is 19.4 Å². The summed E-state index contributed by atoms with van der Waals surface area (Å²) in [5.74, 6) is 0. The Balaban J connectivity index is 1.59. The first-order valence-electron chi connectivity index (χ1n) is 5.84. The SMILES string of the molecule is Brc1cc(CNC2Cc3ccccc3C2)cs1. The second kappa shape index (κ2) is 4.92. The third kappa shape index (κ3) is 2.62. The molecule has 0 saturated heterocycles. The number of nitrogens with one attached hydrogen (secondary N) is 1. The van der Waals surface area contributed by atoms with E-state index in [1.165, 1.54) is 33.3 Å². The third-order valence-electron chi connectivity index (χ3n) is 3.27. The summed E-state index contributed by atoms with van der Waals surface area (Å²) in [5.41, 5.74) is 4.39. The number of fused-ring (bicyclic) bond motifs is 1. The highest BCUT2D eigenvalue weighted by molar-refractivity contribution is 9.11. The molecule has 0 fully saturated rings. The van der Waals surface area contributed by atoms with Gasteiger partial charge in [0, 0.05) is 12.6 Å². The fraction of sp³-hybridized carbons (Fsp3) is 0.286. The molecule has 1 aromatic carbocycles. The quantitative estimate of drug-likeness (QED) is 0.910. The highest BCUT2D eigenvalue weighted by atomic mass is 79.9. The van der Waals surface area contributed by atoms with Gasteiger partial charge < -0.3 is 5.32 Å². The van der Waals surface area contributed by atoms with Crippen LogP contribution in [0.2, 0.25) is 0 Å². The summed E-state index contributed by atoms with van der Waals surface area (Å²) in [7, 11) is 0. The Morgan fingerprint density at radius 3 is 2.53 bits per heavy atom. The summed E-state index contributed by atoms with van der Waals surface area (Å²) in [6.07, 6.45) is 2.34. The molecule has 3 rings (SSSR count). The minimum absolute atomic E-state index is 0.603. The van der Waals surface area contributed by atoms with Crippen molar-refractivity contribution >= 4 is 27.3 Å². The van der Waals surface area contributed by atoms with Crippen LogP contribution >= 0.6 is 27.3 Å². The Morgan fingerprint density at radius 1 is 1.24 bits per heavy atom. The van der Waals surface area contributed by atoms with Gasteiger partial charge in [0.15, 0.2) is 0 Å². The molecule has 0 bridgehead atoms. The summed E-state index contributed by atoms with van der Waals surface area (Å²) < 4.78 is 1.21. The van der Waals surface area contributed by atoms with E-state index in [0.717, 1.165) is 6.54 Å². The molecule has 1 heterocycles. The van der Waals surface area contributed by atoms with Crippen LogP contribution in [0.15, 0.2) is 39.5 Å². The van der Waals surface area contributed by atoms with Crippen molar-refractivity contribution in [1.82, 2.24) is 5.32 Å². The summed E-state index contributed by atoms with van der Waals surface area (Å²) in [5, 5.41) is 5.85. The van der Waals surface area contributed by atoms with Crippen LogP contribution in [0.4, 0.5) is 0 Å². The molecule has 17 heavy (non-hydrogen) atoms. The molecular formula is C14H14BrNS. The maximum atomic E-state index is 3.64. The second-order valence-corrected chi connectivity index (χ2v) is 6.80. The van der Waals surface area contributed by atoms with Crippen molar-refractivity contribution in [3.63, 3.8) is 0 Å². The Bertz CT molecular complexity index is 495. The Hall–Kier alpha value is -0.640. The number of benzene rings is 1. The number of rotatable bonds is 3. The molecule has 1 nitrogen and oxygen atoms in total. The third-order valence-corrected chi connectivity index (χ3v) is 4.82. The van der Waals surface area contributed by atoms with Crippen LogP contribution in [0.3, 0.4) is 0 Å². The molecule has 0 radical (unpaired) electrons. The molecule has 3 heteroatoms. The number of thiophene rings is 1. The van der Waals surface area contributed by atoms with Gasteiger partial charge in [-0.05, 0) is 56.9 Å². The number of hydrogen-bond acceptors (Lipinski definition) is 2. The predicted molar refractivity (Wildman–Crippen MR) is 76.5 cm³/mol. The number of halogens is 1. The molecule has 0 spiro atoms. The van der Waals surface area contributed by atoms with Crippen LogP contribution in [0.5, 0.6) is 0 Å². The summed E-state index contributed by atoms with van der Waals surface area (Å²) >= 11 is 5.25. The van der Waals surface area contributed by atoms with Crippen LogP contribution in [0.25, 0.3) is 0 Å². The van der Waals surface area contributed by atoms with Gasteiger partial charge in [0.1, 0.15) is 0 Å². The van der Waals surface area contributed by atoms with Crippen LogP contribution in [-0.4, -0.2) is 6.04 Å². The van der Waals surface area contributed by atoms with E-state index >= 15 is 0 Å². The van der Waals surface area contributed by atoms with Gasteiger partial charge in [0.05, 0.1) is 3.79 Å². The normalized spacial score (nSPS) is 15.1. The van der Waals surface area contributed by atoms with Gasteiger partial charge in [0.2, 0.25) is 0 Å². The van der Waals surface area contributed by atoms with E-state index in [0.29, 0.717) is 6.04 Å². The fourth-order valence-electron chi connectivity index (χ4n) is 2.40.